The molecule has 0 aliphatic heterocycles. The van der Waals surface area contributed by atoms with Crippen LogP contribution < -0.4 is 4.90 Å². The number of rotatable bonds is 5. The van der Waals surface area contributed by atoms with Crippen molar-refractivity contribution < 1.29 is 9.90 Å². The summed E-state index contributed by atoms with van der Waals surface area (Å²) in [7, 11) is 0. The largest absolute Gasteiger partial charge is 0.478 e. The Balaban J connectivity index is 2.32. The highest BCUT2D eigenvalue weighted by molar-refractivity contribution is 5.89. The molecule has 1 N–H and O–H groups in total. The molecule has 0 amide bonds. The van der Waals surface area contributed by atoms with Crippen molar-refractivity contribution in [2.24, 2.45) is 5.92 Å². The minimum atomic E-state index is -1.03. The third-order valence-corrected chi connectivity index (χ3v) is 3.16. The first-order chi connectivity index (χ1) is 9.15. The zero-order chi connectivity index (χ0) is 13.8. The minimum absolute atomic E-state index is 0.118. The third-order valence-electron chi connectivity index (χ3n) is 3.16. The van der Waals surface area contributed by atoms with Gasteiger partial charge in [0.2, 0.25) is 0 Å². The Morgan fingerprint density at radius 1 is 1.53 bits per heavy atom. The number of nitrogens with zero attached hydrogens (tertiary/aromatic N) is 2. The van der Waals surface area contributed by atoms with Gasteiger partial charge in [-0.1, -0.05) is 5.92 Å². The Kier molecular flexibility index (Phi) is 3.73. The topological polar surface area (TPSA) is 64.3 Å². The van der Waals surface area contributed by atoms with Crippen LogP contribution in [0.25, 0.3) is 0 Å². The van der Waals surface area contributed by atoms with E-state index in [4.69, 9.17) is 11.5 Å². The summed E-state index contributed by atoms with van der Waals surface area (Å²) in [5.41, 5.74) is 1.19. The maximum Gasteiger partial charge on any atom is 0.335 e. The van der Waals surface area contributed by atoms with Crippen molar-refractivity contribution in [3.8, 4) is 18.4 Å². The molecule has 2 rings (SSSR count). The van der Waals surface area contributed by atoms with E-state index >= 15 is 0 Å². The summed E-state index contributed by atoms with van der Waals surface area (Å²) in [5.74, 6) is 2.19. The van der Waals surface area contributed by atoms with E-state index in [9.17, 15) is 10.1 Å². The highest BCUT2D eigenvalue weighted by Gasteiger charge is 2.25. The van der Waals surface area contributed by atoms with Gasteiger partial charge < -0.3 is 10.0 Å². The van der Waals surface area contributed by atoms with Crippen LogP contribution in [0.5, 0.6) is 0 Å². The van der Waals surface area contributed by atoms with E-state index in [2.05, 4.69) is 5.92 Å². The quantitative estimate of drug-likeness (QED) is 0.817. The maximum atomic E-state index is 10.9. The molecule has 19 heavy (non-hydrogen) atoms. The van der Waals surface area contributed by atoms with Crippen molar-refractivity contribution in [2.45, 2.75) is 12.8 Å². The van der Waals surface area contributed by atoms with Crippen LogP contribution in [0.1, 0.15) is 28.8 Å². The van der Waals surface area contributed by atoms with Gasteiger partial charge in [0.25, 0.3) is 0 Å². The first-order valence-corrected chi connectivity index (χ1v) is 6.11. The minimum Gasteiger partial charge on any atom is -0.478 e. The van der Waals surface area contributed by atoms with Gasteiger partial charge in [-0.05, 0) is 37.0 Å². The molecule has 1 fully saturated rings. The van der Waals surface area contributed by atoms with E-state index < -0.39 is 5.97 Å². The van der Waals surface area contributed by atoms with Gasteiger partial charge in [-0.3, -0.25) is 0 Å². The summed E-state index contributed by atoms with van der Waals surface area (Å²) in [6.07, 6.45) is 7.75. The lowest BCUT2D eigenvalue weighted by Crippen LogP contribution is -2.27. The predicted octanol–water partition coefficient (Wildman–Crippen LogP) is 2.11. The Morgan fingerprint density at radius 2 is 2.26 bits per heavy atom. The molecule has 0 heterocycles. The molecule has 1 aliphatic rings. The SMILES string of the molecule is C#CCN(CC1CC1)c1ccc(C(=O)O)cc1C#N. The maximum absolute atomic E-state index is 10.9. The van der Waals surface area contributed by atoms with Crippen molar-refractivity contribution >= 4 is 11.7 Å². The molecule has 0 saturated heterocycles. The van der Waals surface area contributed by atoms with Crippen LogP contribution in [0.3, 0.4) is 0 Å². The number of carboxylic acid groups (broad SMARTS) is 1. The smallest absolute Gasteiger partial charge is 0.335 e. The Bertz CT molecular complexity index is 577. The first-order valence-electron chi connectivity index (χ1n) is 6.11. The van der Waals surface area contributed by atoms with Crippen molar-refractivity contribution in [1.82, 2.24) is 0 Å². The highest BCUT2D eigenvalue weighted by Crippen LogP contribution is 2.32. The van der Waals surface area contributed by atoms with Gasteiger partial charge in [-0.25, -0.2) is 4.79 Å². The van der Waals surface area contributed by atoms with Gasteiger partial charge >= 0.3 is 5.97 Å². The number of terminal acetylenes is 1. The highest BCUT2D eigenvalue weighted by atomic mass is 16.4. The summed E-state index contributed by atoms with van der Waals surface area (Å²) >= 11 is 0. The molecule has 0 aromatic heterocycles. The molecular weight excluding hydrogens is 240 g/mol. The predicted molar refractivity (Wildman–Crippen MR) is 71.9 cm³/mol. The fourth-order valence-corrected chi connectivity index (χ4v) is 2.00. The van der Waals surface area contributed by atoms with E-state index in [1.54, 1.807) is 6.07 Å². The molecule has 0 atom stereocenters. The van der Waals surface area contributed by atoms with Crippen molar-refractivity contribution in [1.29, 1.82) is 5.26 Å². The monoisotopic (exact) mass is 254 g/mol. The average molecular weight is 254 g/mol. The zero-order valence-corrected chi connectivity index (χ0v) is 10.5. The van der Waals surface area contributed by atoms with Crippen LogP contribution in [0, 0.1) is 29.6 Å². The molecule has 0 unspecified atom stereocenters. The molecule has 1 aliphatic carbocycles. The number of carboxylic acids is 1. The fraction of sp³-hybridized carbons (Fsp3) is 0.333. The van der Waals surface area contributed by atoms with Crippen LogP contribution >= 0.6 is 0 Å². The molecular formula is C15H14N2O2. The summed E-state index contributed by atoms with van der Waals surface area (Å²) in [5, 5.41) is 18.1. The number of hydrogen-bond donors (Lipinski definition) is 1. The summed E-state index contributed by atoms with van der Waals surface area (Å²) in [4.78, 5) is 12.9. The molecule has 1 aromatic rings. The molecule has 0 spiro atoms. The second-order valence-electron chi connectivity index (χ2n) is 4.68. The lowest BCUT2D eigenvalue weighted by molar-refractivity contribution is 0.0697. The fourth-order valence-electron chi connectivity index (χ4n) is 2.00. The molecule has 4 heteroatoms. The Morgan fingerprint density at radius 3 is 2.79 bits per heavy atom. The lowest BCUT2D eigenvalue weighted by Gasteiger charge is -2.23. The number of carbonyl (C=O) groups is 1. The van der Waals surface area contributed by atoms with Gasteiger partial charge in [0, 0.05) is 6.54 Å². The van der Waals surface area contributed by atoms with E-state index in [0.29, 0.717) is 18.0 Å². The van der Waals surface area contributed by atoms with Crippen LogP contribution in [-0.2, 0) is 0 Å². The molecule has 1 aromatic carbocycles. The van der Waals surface area contributed by atoms with E-state index in [1.165, 1.54) is 25.0 Å². The van der Waals surface area contributed by atoms with Crippen molar-refractivity contribution in [2.75, 3.05) is 18.0 Å². The molecule has 4 nitrogen and oxygen atoms in total. The normalized spacial score (nSPS) is 13.4. The van der Waals surface area contributed by atoms with Gasteiger partial charge in [-0.15, -0.1) is 6.42 Å². The van der Waals surface area contributed by atoms with Gasteiger partial charge in [0.1, 0.15) is 6.07 Å². The Hall–Kier alpha value is -2.46. The van der Waals surface area contributed by atoms with Crippen LogP contribution in [-0.4, -0.2) is 24.2 Å². The van der Waals surface area contributed by atoms with Crippen LogP contribution in [0.4, 0.5) is 5.69 Å². The second kappa shape index (κ2) is 5.46. The van der Waals surface area contributed by atoms with E-state index in [0.717, 1.165) is 12.2 Å². The number of benzene rings is 1. The van der Waals surface area contributed by atoms with Crippen molar-refractivity contribution in [3.05, 3.63) is 29.3 Å². The number of anilines is 1. The number of nitriles is 1. The number of hydrogen-bond acceptors (Lipinski definition) is 3. The van der Waals surface area contributed by atoms with E-state index in [-0.39, 0.29) is 5.56 Å². The molecule has 0 bridgehead atoms. The summed E-state index contributed by atoms with van der Waals surface area (Å²) in [6.45, 7) is 1.25. The molecule has 0 radical (unpaired) electrons. The molecule has 1 saturated carbocycles. The average Bonchev–Trinajstić information content (AvgIpc) is 3.21. The van der Waals surface area contributed by atoms with E-state index in [1.807, 2.05) is 11.0 Å². The van der Waals surface area contributed by atoms with Gasteiger partial charge in [0.05, 0.1) is 23.4 Å². The number of aromatic carboxylic acids is 1. The summed E-state index contributed by atoms with van der Waals surface area (Å²) in [6, 6.07) is 6.62. The van der Waals surface area contributed by atoms with Crippen LogP contribution in [0.2, 0.25) is 0 Å². The standard InChI is InChI=1S/C15H14N2O2/c1-2-7-17(10-11-3-4-11)14-6-5-12(15(18)19)8-13(14)9-16/h1,5-6,8,11H,3-4,7,10H2,(H,18,19). The van der Waals surface area contributed by atoms with Crippen molar-refractivity contribution in [3.63, 3.8) is 0 Å². The zero-order valence-electron chi connectivity index (χ0n) is 10.5. The summed E-state index contributed by atoms with van der Waals surface area (Å²) < 4.78 is 0. The van der Waals surface area contributed by atoms with Gasteiger partial charge in [0.15, 0.2) is 0 Å². The van der Waals surface area contributed by atoms with Gasteiger partial charge in [-0.2, -0.15) is 5.26 Å². The third kappa shape index (κ3) is 3.05. The Labute approximate surface area is 112 Å². The molecule has 96 valence electrons. The first kappa shape index (κ1) is 13.0. The van der Waals surface area contributed by atoms with Crippen LogP contribution in [0.15, 0.2) is 18.2 Å². The lowest BCUT2D eigenvalue weighted by atomic mass is 10.1. The second-order valence-corrected chi connectivity index (χ2v) is 4.68.